The average molecular weight is 202 g/mol. The fourth-order valence-corrected chi connectivity index (χ4v) is 1.57. The molecule has 0 bridgehead atoms. The van der Waals surface area contributed by atoms with Gasteiger partial charge in [0, 0.05) is 17.6 Å². The fraction of sp³-hybridized carbons (Fsp3) is 0.250. The van der Waals surface area contributed by atoms with E-state index >= 15 is 0 Å². The maximum atomic E-state index is 9.80. The van der Waals surface area contributed by atoms with Crippen LogP contribution in [-0.2, 0) is 0 Å². The van der Waals surface area contributed by atoms with Crippen molar-refractivity contribution >= 4 is 10.9 Å². The molecule has 1 aromatic carbocycles. The molecule has 2 atom stereocenters. The number of aliphatic hydroxyl groups excluding tert-OH is 1. The van der Waals surface area contributed by atoms with Crippen molar-refractivity contribution in [2.24, 2.45) is 5.73 Å². The topological polar surface area (TPSA) is 59.1 Å². The second kappa shape index (κ2) is 3.96. The first-order valence-corrected chi connectivity index (χ1v) is 4.97. The van der Waals surface area contributed by atoms with E-state index in [0.717, 1.165) is 16.5 Å². The molecule has 0 unspecified atom stereocenters. The number of hydrogen-bond acceptors (Lipinski definition) is 3. The summed E-state index contributed by atoms with van der Waals surface area (Å²) in [6, 6.07) is 9.32. The van der Waals surface area contributed by atoms with Gasteiger partial charge in [0.2, 0.25) is 0 Å². The zero-order valence-electron chi connectivity index (χ0n) is 8.59. The van der Waals surface area contributed by atoms with Crippen LogP contribution in [-0.4, -0.2) is 16.1 Å². The third-order valence-corrected chi connectivity index (χ3v) is 2.47. The van der Waals surface area contributed by atoms with Gasteiger partial charge in [-0.1, -0.05) is 18.2 Å². The molecule has 0 aliphatic rings. The van der Waals surface area contributed by atoms with Crippen molar-refractivity contribution in [3.8, 4) is 0 Å². The zero-order valence-corrected chi connectivity index (χ0v) is 8.59. The van der Waals surface area contributed by atoms with Crippen LogP contribution < -0.4 is 5.73 Å². The standard InChI is InChI=1S/C12H14N2O/c1-8(13)12(15)10-5-4-9-3-2-6-14-11(9)7-10/h2-8,12,15H,13H2,1H3/t8-,12-/m0/s1. The highest BCUT2D eigenvalue weighted by Gasteiger charge is 2.12. The lowest BCUT2D eigenvalue weighted by Crippen LogP contribution is -2.24. The lowest BCUT2D eigenvalue weighted by molar-refractivity contribution is 0.153. The number of nitrogens with two attached hydrogens (primary N) is 1. The Kier molecular flexibility index (Phi) is 2.66. The van der Waals surface area contributed by atoms with Crippen LogP contribution in [0.15, 0.2) is 36.5 Å². The molecule has 3 nitrogen and oxygen atoms in total. The van der Waals surface area contributed by atoms with E-state index in [2.05, 4.69) is 4.98 Å². The van der Waals surface area contributed by atoms with E-state index in [4.69, 9.17) is 5.73 Å². The first-order valence-electron chi connectivity index (χ1n) is 4.97. The molecule has 0 aliphatic heterocycles. The van der Waals surface area contributed by atoms with E-state index in [-0.39, 0.29) is 6.04 Å². The van der Waals surface area contributed by atoms with E-state index < -0.39 is 6.10 Å². The Labute approximate surface area is 88.6 Å². The fourth-order valence-electron chi connectivity index (χ4n) is 1.57. The summed E-state index contributed by atoms with van der Waals surface area (Å²) < 4.78 is 0. The van der Waals surface area contributed by atoms with Crippen LogP contribution in [0.1, 0.15) is 18.6 Å². The van der Waals surface area contributed by atoms with Gasteiger partial charge in [0.1, 0.15) is 0 Å². The van der Waals surface area contributed by atoms with Gasteiger partial charge in [0.05, 0.1) is 11.6 Å². The number of aliphatic hydroxyl groups is 1. The van der Waals surface area contributed by atoms with E-state index in [1.54, 1.807) is 13.1 Å². The zero-order chi connectivity index (χ0) is 10.8. The third kappa shape index (κ3) is 1.98. The Balaban J connectivity index is 2.47. The molecule has 2 rings (SSSR count). The van der Waals surface area contributed by atoms with Gasteiger partial charge in [-0.15, -0.1) is 0 Å². The highest BCUT2D eigenvalue weighted by molar-refractivity contribution is 5.78. The monoisotopic (exact) mass is 202 g/mol. The molecule has 0 radical (unpaired) electrons. The Morgan fingerprint density at radius 2 is 2.13 bits per heavy atom. The summed E-state index contributed by atoms with van der Waals surface area (Å²) in [6.07, 6.45) is 1.11. The smallest absolute Gasteiger partial charge is 0.0938 e. The molecule has 78 valence electrons. The normalized spacial score (nSPS) is 15.1. The summed E-state index contributed by atoms with van der Waals surface area (Å²) in [5.74, 6) is 0. The molecule has 0 aliphatic carbocycles. The predicted molar refractivity (Wildman–Crippen MR) is 60.4 cm³/mol. The van der Waals surface area contributed by atoms with Crippen molar-refractivity contribution in [1.29, 1.82) is 0 Å². The van der Waals surface area contributed by atoms with Crippen molar-refractivity contribution in [3.05, 3.63) is 42.1 Å². The van der Waals surface area contributed by atoms with Crippen molar-refractivity contribution < 1.29 is 5.11 Å². The lowest BCUT2D eigenvalue weighted by Gasteiger charge is -2.14. The van der Waals surface area contributed by atoms with Crippen LogP contribution in [0.4, 0.5) is 0 Å². The molecule has 2 aromatic rings. The molecule has 15 heavy (non-hydrogen) atoms. The summed E-state index contributed by atoms with van der Waals surface area (Å²) in [5.41, 5.74) is 7.34. The summed E-state index contributed by atoms with van der Waals surface area (Å²) in [6.45, 7) is 1.79. The second-order valence-electron chi connectivity index (χ2n) is 3.76. The maximum Gasteiger partial charge on any atom is 0.0938 e. The Bertz CT molecular complexity index is 468. The number of fused-ring (bicyclic) bond motifs is 1. The quantitative estimate of drug-likeness (QED) is 0.778. The van der Waals surface area contributed by atoms with Crippen LogP contribution in [0.3, 0.4) is 0 Å². The molecule has 0 amide bonds. The van der Waals surface area contributed by atoms with E-state index in [0.29, 0.717) is 0 Å². The molecular formula is C12H14N2O. The van der Waals surface area contributed by atoms with Gasteiger partial charge < -0.3 is 10.8 Å². The van der Waals surface area contributed by atoms with Crippen LogP contribution in [0.25, 0.3) is 10.9 Å². The van der Waals surface area contributed by atoms with Gasteiger partial charge >= 0.3 is 0 Å². The van der Waals surface area contributed by atoms with Crippen LogP contribution in [0.2, 0.25) is 0 Å². The highest BCUT2D eigenvalue weighted by Crippen LogP contribution is 2.20. The average Bonchev–Trinajstić information content (AvgIpc) is 2.27. The van der Waals surface area contributed by atoms with E-state index in [9.17, 15) is 5.11 Å². The van der Waals surface area contributed by atoms with Crippen LogP contribution in [0.5, 0.6) is 0 Å². The molecule has 0 saturated carbocycles. The SMILES string of the molecule is C[C@H](N)[C@H](O)c1ccc2cccnc2c1. The predicted octanol–water partition coefficient (Wildman–Crippen LogP) is 1.62. The lowest BCUT2D eigenvalue weighted by atomic mass is 10.0. The van der Waals surface area contributed by atoms with Gasteiger partial charge in [0.25, 0.3) is 0 Å². The first-order chi connectivity index (χ1) is 7.18. The largest absolute Gasteiger partial charge is 0.387 e. The highest BCUT2D eigenvalue weighted by atomic mass is 16.3. The Morgan fingerprint density at radius 3 is 2.87 bits per heavy atom. The second-order valence-corrected chi connectivity index (χ2v) is 3.76. The number of pyridine rings is 1. The van der Waals surface area contributed by atoms with Crippen LogP contribution in [0, 0.1) is 0 Å². The Morgan fingerprint density at radius 1 is 1.33 bits per heavy atom. The van der Waals surface area contributed by atoms with Gasteiger partial charge in [-0.2, -0.15) is 0 Å². The number of rotatable bonds is 2. The summed E-state index contributed by atoms with van der Waals surface area (Å²) in [7, 11) is 0. The van der Waals surface area contributed by atoms with Gasteiger partial charge in [-0.25, -0.2) is 0 Å². The molecule has 1 heterocycles. The molecule has 0 fully saturated rings. The minimum atomic E-state index is -0.628. The molecule has 1 aromatic heterocycles. The van der Waals surface area contributed by atoms with Crippen molar-refractivity contribution in [2.45, 2.75) is 19.1 Å². The Hall–Kier alpha value is -1.45. The molecule has 0 saturated heterocycles. The van der Waals surface area contributed by atoms with E-state index in [1.165, 1.54) is 0 Å². The number of benzene rings is 1. The first kappa shape index (κ1) is 10.1. The summed E-state index contributed by atoms with van der Waals surface area (Å²) >= 11 is 0. The maximum absolute atomic E-state index is 9.80. The number of nitrogens with zero attached hydrogens (tertiary/aromatic N) is 1. The van der Waals surface area contributed by atoms with Crippen molar-refractivity contribution in [2.75, 3.05) is 0 Å². The van der Waals surface area contributed by atoms with Crippen LogP contribution >= 0.6 is 0 Å². The van der Waals surface area contributed by atoms with Crippen molar-refractivity contribution in [3.63, 3.8) is 0 Å². The molecule has 3 heteroatoms. The summed E-state index contributed by atoms with van der Waals surface area (Å²) in [5, 5.41) is 10.9. The van der Waals surface area contributed by atoms with Gasteiger partial charge in [-0.3, -0.25) is 4.98 Å². The van der Waals surface area contributed by atoms with Gasteiger partial charge in [0.15, 0.2) is 0 Å². The van der Waals surface area contributed by atoms with Crippen molar-refractivity contribution in [1.82, 2.24) is 4.98 Å². The molecule has 3 N–H and O–H groups in total. The van der Waals surface area contributed by atoms with E-state index in [1.807, 2.05) is 30.3 Å². The third-order valence-electron chi connectivity index (χ3n) is 2.47. The molecule has 0 spiro atoms. The summed E-state index contributed by atoms with van der Waals surface area (Å²) in [4.78, 5) is 4.23. The van der Waals surface area contributed by atoms with Gasteiger partial charge in [-0.05, 0) is 24.6 Å². The minimum Gasteiger partial charge on any atom is -0.387 e. The molecular weight excluding hydrogens is 188 g/mol. The minimum absolute atomic E-state index is 0.272. The number of hydrogen-bond donors (Lipinski definition) is 2. The number of aromatic nitrogens is 1.